The Bertz CT molecular complexity index is 624. The van der Waals surface area contributed by atoms with Crippen LogP contribution in [0.25, 0.3) is 0 Å². The first-order valence-electron chi connectivity index (χ1n) is 6.00. The number of thioether (sulfide) groups is 1. The molecule has 112 valence electrons. The number of aliphatic hydroxyl groups excluding tert-OH is 1. The fraction of sp³-hybridized carbons (Fsp3) is 0.333. The van der Waals surface area contributed by atoms with Gasteiger partial charge in [-0.05, 0) is 30.3 Å². The van der Waals surface area contributed by atoms with E-state index in [4.69, 9.17) is 11.6 Å². The number of benzene rings is 1. The molecule has 1 heterocycles. The van der Waals surface area contributed by atoms with Crippen LogP contribution in [0.5, 0.6) is 0 Å². The molecule has 2 atom stereocenters. The van der Waals surface area contributed by atoms with Crippen LogP contribution in [0.4, 0.5) is 10.5 Å². The van der Waals surface area contributed by atoms with Gasteiger partial charge in [-0.1, -0.05) is 17.7 Å². The molecule has 0 aliphatic carbocycles. The molecule has 1 aliphatic heterocycles. The zero-order valence-electron chi connectivity index (χ0n) is 10.9. The number of hydrogen-bond acceptors (Lipinski definition) is 6. The quantitative estimate of drug-likeness (QED) is 0.671. The highest BCUT2D eigenvalue weighted by molar-refractivity contribution is 8.15. The number of nitro benzene ring substituents is 1. The van der Waals surface area contributed by atoms with E-state index in [1.54, 1.807) is 6.92 Å². The van der Waals surface area contributed by atoms with Crippen molar-refractivity contribution in [1.82, 2.24) is 4.90 Å². The van der Waals surface area contributed by atoms with Crippen LogP contribution in [0, 0.1) is 10.1 Å². The maximum Gasteiger partial charge on any atom is 0.289 e. The molecule has 0 radical (unpaired) electrons. The normalized spacial score (nSPS) is 20.0. The van der Waals surface area contributed by atoms with Gasteiger partial charge in [0.15, 0.2) is 0 Å². The standard InChI is InChI=1S/C12H11ClN2O5S/c1-2-14-11(17)10(21-12(14)18)9(16)6-3-4-7(13)8(5-6)15(19)20/h3-5,9-10,16H,2H2,1H3/t9-,10-/m1/s1. The molecular weight excluding hydrogens is 320 g/mol. The molecule has 1 aliphatic rings. The Labute approximate surface area is 129 Å². The van der Waals surface area contributed by atoms with Crippen LogP contribution in [0.2, 0.25) is 5.02 Å². The summed E-state index contributed by atoms with van der Waals surface area (Å²) in [6.45, 7) is 1.87. The average Bonchev–Trinajstić information content (AvgIpc) is 2.72. The summed E-state index contributed by atoms with van der Waals surface area (Å²) in [6.07, 6.45) is -1.32. The molecule has 21 heavy (non-hydrogen) atoms. The first-order chi connectivity index (χ1) is 9.86. The Balaban J connectivity index is 2.31. The van der Waals surface area contributed by atoms with Crippen LogP contribution in [0.15, 0.2) is 18.2 Å². The molecule has 0 unspecified atom stereocenters. The number of carbonyl (C=O) groups is 2. The minimum atomic E-state index is -1.32. The van der Waals surface area contributed by atoms with E-state index in [0.29, 0.717) is 11.8 Å². The molecule has 0 saturated carbocycles. The number of nitro groups is 1. The zero-order chi connectivity index (χ0) is 15.7. The summed E-state index contributed by atoms with van der Waals surface area (Å²) in [5.41, 5.74) is -0.190. The van der Waals surface area contributed by atoms with Gasteiger partial charge in [0.25, 0.3) is 10.9 Å². The number of rotatable bonds is 4. The van der Waals surface area contributed by atoms with Crippen molar-refractivity contribution >= 4 is 40.2 Å². The van der Waals surface area contributed by atoms with Crippen LogP contribution < -0.4 is 0 Å². The third kappa shape index (κ3) is 2.87. The summed E-state index contributed by atoms with van der Waals surface area (Å²) in [7, 11) is 0. The second kappa shape index (κ2) is 6.00. The Morgan fingerprint density at radius 2 is 2.19 bits per heavy atom. The van der Waals surface area contributed by atoms with Crippen molar-refractivity contribution in [3.05, 3.63) is 38.9 Å². The van der Waals surface area contributed by atoms with Crippen LogP contribution in [0.1, 0.15) is 18.6 Å². The fourth-order valence-electron chi connectivity index (χ4n) is 1.98. The number of nitrogens with zero attached hydrogens (tertiary/aromatic N) is 2. The van der Waals surface area contributed by atoms with Gasteiger partial charge in [-0.3, -0.25) is 24.6 Å². The van der Waals surface area contributed by atoms with Crippen LogP contribution in [-0.4, -0.2) is 37.9 Å². The van der Waals surface area contributed by atoms with Crippen molar-refractivity contribution in [1.29, 1.82) is 0 Å². The number of aliphatic hydroxyl groups is 1. The lowest BCUT2D eigenvalue weighted by Gasteiger charge is -2.16. The topological polar surface area (TPSA) is 101 Å². The first-order valence-corrected chi connectivity index (χ1v) is 7.26. The van der Waals surface area contributed by atoms with Crippen molar-refractivity contribution in [2.75, 3.05) is 6.54 Å². The number of imide groups is 1. The molecule has 1 fully saturated rings. The first kappa shape index (κ1) is 15.7. The predicted molar refractivity (Wildman–Crippen MR) is 77.2 cm³/mol. The lowest BCUT2D eigenvalue weighted by Crippen LogP contribution is -2.33. The Morgan fingerprint density at radius 3 is 2.71 bits per heavy atom. The summed E-state index contributed by atoms with van der Waals surface area (Å²) in [5, 5.41) is 19.6. The molecule has 0 bridgehead atoms. The van der Waals surface area contributed by atoms with Crippen molar-refractivity contribution in [2.24, 2.45) is 0 Å². The molecule has 9 heteroatoms. The number of hydrogen-bond donors (Lipinski definition) is 1. The van der Waals surface area contributed by atoms with Crippen molar-refractivity contribution in [3.63, 3.8) is 0 Å². The van der Waals surface area contributed by atoms with Gasteiger partial charge in [0.05, 0.1) is 4.92 Å². The summed E-state index contributed by atoms with van der Waals surface area (Å²) < 4.78 is 0. The highest BCUT2D eigenvalue weighted by atomic mass is 35.5. The molecule has 2 rings (SSSR count). The summed E-state index contributed by atoms with van der Waals surface area (Å²) >= 11 is 6.41. The van der Waals surface area contributed by atoms with Gasteiger partial charge >= 0.3 is 0 Å². The number of halogens is 1. The van der Waals surface area contributed by atoms with E-state index in [-0.39, 0.29) is 22.8 Å². The van der Waals surface area contributed by atoms with E-state index in [0.717, 1.165) is 11.0 Å². The average molecular weight is 331 g/mol. The summed E-state index contributed by atoms with van der Waals surface area (Å²) in [6, 6.07) is 3.79. The van der Waals surface area contributed by atoms with E-state index < -0.39 is 27.4 Å². The highest BCUT2D eigenvalue weighted by Gasteiger charge is 2.43. The lowest BCUT2D eigenvalue weighted by molar-refractivity contribution is -0.384. The van der Waals surface area contributed by atoms with Crippen molar-refractivity contribution in [2.45, 2.75) is 18.3 Å². The van der Waals surface area contributed by atoms with Gasteiger partial charge in [0.1, 0.15) is 16.4 Å². The van der Waals surface area contributed by atoms with Crippen molar-refractivity contribution < 1.29 is 19.6 Å². The third-order valence-corrected chi connectivity index (χ3v) is 4.52. The van der Waals surface area contributed by atoms with Gasteiger partial charge in [-0.15, -0.1) is 0 Å². The van der Waals surface area contributed by atoms with E-state index in [9.17, 15) is 24.8 Å². The van der Waals surface area contributed by atoms with E-state index in [1.807, 2.05) is 0 Å². The smallest absolute Gasteiger partial charge is 0.289 e. The second-order valence-electron chi connectivity index (χ2n) is 4.30. The van der Waals surface area contributed by atoms with Crippen molar-refractivity contribution in [3.8, 4) is 0 Å². The molecular formula is C12H11ClN2O5S. The number of amides is 2. The summed E-state index contributed by atoms with van der Waals surface area (Å²) in [5.74, 6) is -0.502. The Morgan fingerprint density at radius 1 is 1.52 bits per heavy atom. The molecule has 2 amide bonds. The second-order valence-corrected chi connectivity index (χ2v) is 5.80. The molecule has 0 spiro atoms. The maximum atomic E-state index is 12.0. The highest BCUT2D eigenvalue weighted by Crippen LogP contribution is 2.37. The van der Waals surface area contributed by atoms with E-state index in [1.165, 1.54) is 12.1 Å². The monoisotopic (exact) mass is 330 g/mol. The Kier molecular flexibility index (Phi) is 4.50. The fourth-order valence-corrected chi connectivity index (χ4v) is 3.24. The lowest BCUT2D eigenvalue weighted by atomic mass is 10.0. The zero-order valence-corrected chi connectivity index (χ0v) is 12.4. The van der Waals surface area contributed by atoms with Gasteiger partial charge in [-0.25, -0.2) is 0 Å². The minimum Gasteiger partial charge on any atom is -0.387 e. The van der Waals surface area contributed by atoms with Gasteiger partial charge in [0.2, 0.25) is 5.91 Å². The van der Waals surface area contributed by atoms with E-state index >= 15 is 0 Å². The van der Waals surface area contributed by atoms with Gasteiger partial charge in [0, 0.05) is 12.6 Å². The van der Waals surface area contributed by atoms with E-state index in [2.05, 4.69) is 0 Å². The maximum absolute atomic E-state index is 12.0. The third-order valence-electron chi connectivity index (χ3n) is 3.07. The summed E-state index contributed by atoms with van der Waals surface area (Å²) in [4.78, 5) is 34.8. The Hall–Kier alpha value is -1.64. The molecule has 7 nitrogen and oxygen atoms in total. The molecule has 1 N–H and O–H groups in total. The SMILES string of the molecule is CCN1C(=O)S[C@H]([C@H](O)c2ccc(Cl)c([N+](=O)[O-])c2)C1=O. The molecule has 0 aromatic heterocycles. The van der Waals surface area contributed by atoms with Crippen LogP contribution in [-0.2, 0) is 4.79 Å². The van der Waals surface area contributed by atoms with Gasteiger partial charge in [-0.2, -0.15) is 0 Å². The minimum absolute atomic E-state index is 0.0624. The predicted octanol–water partition coefficient (Wildman–Crippen LogP) is 2.37. The van der Waals surface area contributed by atoms with Gasteiger partial charge < -0.3 is 5.11 Å². The largest absolute Gasteiger partial charge is 0.387 e. The van der Waals surface area contributed by atoms with Crippen LogP contribution in [0.3, 0.4) is 0 Å². The number of carbonyl (C=O) groups excluding carboxylic acids is 2. The molecule has 1 aromatic rings. The van der Waals surface area contributed by atoms with Crippen LogP contribution >= 0.6 is 23.4 Å². The molecule has 1 aromatic carbocycles. The molecule has 1 saturated heterocycles.